The van der Waals surface area contributed by atoms with Gasteiger partial charge in [0.2, 0.25) is 5.88 Å². The summed E-state index contributed by atoms with van der Waals surface area (Å²) in [7, 11) is 0. The number of carbonyl (C=O) groups excluding carboxylic acids is 1. The number of rotatable bonds is 8. The van der Waals surface area contributed by atoms with E-state index in [4.69, 9.17) is 4.74 Å². The third kappa shape index (κ3) is 7.62. The smallest absolute Gasteiger partial charge is 0.439 e. The zero-order valence-electron chi connectivity index (χ0n) is 20.3. The topological polar surface area (TPSA) is 84.8 Å². The number of alkyl halides is 3. The van der Waals surface area contributed by atoms with E-state index in [2.05, 4.69) is 38.0 Å². The molecule has 1 heterocycles. The summed E-state index contributed by atoms with van der Waals surface area (Å²) in [6.45, 7) is 4.12. The minimum absolute atomic E-state index is 0.274. The van der Waals surface area contributed by atoms with Gasteiger partial charge < -0.3 is 14.8 Å². The Kier molecular flexibility index (Phi) is 8.37. The summed E-state index contributed by atoms with van der Waals surface area (Å²) < 4.78 is 53.2. The van der Waals surface area contributed by atoms with Gasteiger partial charge in [-0.3, -0.25) is 4.72 Å². The first-order chi connectivity index (χ1) is 18.2. The van der Waals surface area contributed by atoms with E-state index >= 15 is 0 Å². The van der Waals surface area contributed by atoms with E-state index in [1.165, 1.54) is 12.1 Å². The normalized spacial score (nSPS) is 11.6. The van der Waals surface area contributed by atoms with Crippen molar-refractivity contribution in [2.45, 2.75) is 26.1 Å². The Morgan fingerprint density at radius 1 is 1.00 bits per heavy atom. The van der Waals surface area contributed by atoms with Crippen molar-refractivity contribution in [2.24, 2.45) is 4.40 Å². The molecule has 0 aliphatic rings. The molecule has 0 radical (unpaired) electrons. The number of aromatic nitrogens is 1. The van der Waals surface area contributed by atoms with Crippen LogP contribution < -0.4 is 19.5 Å². The molecule has 0 spiro atoms. The molecule has 2 amide bonds. The standard InChI is InChI=1S/C27H23F3N4O3S/c1-17(2)22-5-3-4-6-24(22)33-26(35)34-38-31-16-18-7-13-23-19(15-18)8-14-25(32-23)36-20-9-11-21(12-10-20)37-27(28,29)30/h3-17H,1-2H3,(H2,33,34,35)/b31-16+. The number of urea groups is 1. The monoisotopic (exact) mass is 540 g/mol. The molecule has 196 valence electrons. The van der Waals surface area contributed by atoms with E-state index < -0.39 is 6.36 Å². The van der Waals surface area contributed by atoms with Crippen LogP contribution in [0.2, 0.25) is 0 Å². The number of nitrogens with one attached hydrogen (secondary N) is 2. The van der Waals surface area contributed by atoms with Gasteiger partial charge in [0.25, 0.3) is 0 Å². The Morgan fingerprint density at radius 2 is 1.74 bits per heavy atom. The highest BCUT2D eigenvalue weighted by molar-refractivity contribution is 7.96. The minimum Gasteiger partial charge on any atom is -0.439 e. The molecule has 0 unspecified atom stereocenters. The predicted molar refractivity (Wildman–Crippen MR) is 143 cm³/mol. The van der Waals surface area contributed by atoms with Crippen LogP contribution in [-0.4, -0.2) is 23.6 Å². The van der Waals surface area contributed by atoms with Crippen LogP contribution in [0.3, 0.4) is 0 Å². The average Bonchev–Trinajstić information content (AvgIpc) is 2.87. The molecule has 1 aromatic heterocycles. The van der Waals surface area contributed by atoms with Gasteiger partial charge in [0.1, 0.15) is 11.5 Å². The van der Waals surface area contributed by atoms with Crippen molar-refractivity contribution in [3.8, 4) is 17.4 Å². The fourth-order valence-electron chi connectivity index (χ4n) is 3.51. The largest absolute Gasteiger partial charge is 0.573 e. The SMILES string of the molecule is CC(C)c1ccccc1NC(=O)NS/N=C/c1ccc2nc(Oc3ccc(OC(F)(F)F)cc3)ccc2c1. The minimum atomic E-state index is -4.75. The molecule has 0 saturated heterocycles. The third-order valence-corrected chi connectivity index (χ3v) is 5.68. The van der Waals surface area contributed by atoms with E-state index in [0.717, 1.165) is 46.5 Å². The number of amides is 2. The molecule has 0 saturated carbocycles. The Morgan fingerprint density at radius 3 is 2.47 bits per heavy atom. The van der Waals surface area contributed by atoms with Gasteiger partial charge in [-0.1, -0.05) is 38.1 Å². The Balaban J connectivity index is 1.32. The lowest BCUT2D eigenvalue weighted by Crippen LogP contribution is -2.23. The summed E-state index contributed by atoms with van der Waals surface area (Å²) in [4.78, 5) is 16.6. The van der Waals surface area contributed by atoms with E-state index in [9.17, 15) is 18.0 Å². The molecule has 38 heavy (non-hydrogen) atoms. The quantitative estimate of drug-likeness (QED) is 0.176. The molecule has 0 fully saturated rings. The number of para-hydroxylation sites is 1. The first-order valence-corrected chi connectivity index (χ1v) is 12.2. The van der Waals surface area contributed by atoms with E-state index in [1.54, 1.807) is 24.4 Å². The number of hydrogen-bond donors (Lipinski definition) is 2. The summed E-state index contributed by atoms with van der Waals surface area (Å²) in [6.07, 6.45) is -3.14. The number of ether oxygens (including phenoxy) is 2. The number of pyridine rings is 1. The molecule has 7 nitrogen and oxygen atoms in total. The lowest BCUT2D eigenvalue weighted by molar-refractivity contribution is -0.274. The summed E-state index contributed by atoms with van der Waals surface area (Å²) in [6, 6.07) is 21.2. The lowest BCUT2D eigenvalue weighted by Gasteiger charge is -2.13. The van der Waals surface area contributed by atoms with Gasteiger partial charge in [-0.15, -0.1) is 13.2 Å². The van der Waals surface area contributed by atoms with Gasteiger partial charge in [0.05, 0.1) is 17.7 Å². The van der Waals surface area contributed by atoms with Gasteiger partial charge in [-0.2, -0.15) is 0 Å². The van der Waals surface area contributed by atoms with Crippen molar-refractivity contribution in [3.63, 3.8) is 0 Å². The van der Waals surface area contributed by atoms with Crippen LogP contribution in [0.5, 0.6) is 17.4 Å². The summed E-state index contributed by atoms with van der Waals surface area (Å²) in [5.74, 6) is 0.538. The van der Waals surface area contributed by atoms with Gasteiger partial charge >= 0.3 is 12.4 Å². The third-order valence-electron chi connectivity index (χ3n) is 5.19. The number of nitrogens with zero attached hydrogens (tertiary/aromatic N) is 2. The summed E-state index contributed by atoms with van der Waals surface area (Å²) in [5, 5.41) is 3.66. The molecule has 0 atom stereocenters. The van der Waals surface area contributed by atoms with Crippen molar-refractivity contribution < 1.29 is 27.4 Å². The van der Waals surface area contributed by atoms with Crippen molar-refractivity contribution in [3.05, 3.63) is 90.0 Å². The number of halogens is 3. The molecular weight excluding hydrogens is 517 g/mol. The molecule has 0 aliphatic heterocycles. The molecule has 0 bridgehead atoms. The van der Waals surface area contributed by atoms with Gasteiger partial charge in [-0.25, -0.2) is 14.2 Å². The van der Waals surface area contributed by atoms with Gasteiger partial charge in [0, 0.05) is 23.4 Å². The fourth-order valence-corrected chi connectivity index (χ4v) is 3.87. The Hall–Kier alpha value is -4.25. The molecule has 4 aromatic rings. The van der Waals surface area contributed by atoms with Crippen LogP contribution in [0.4, 0.5) is 23.7 Å². The second-order valence-electron chi connectivity index (χ2n) is 8.35. The molecule has 4 rings (SSSR count). The first kappa shape index (κ1) is 26.8. The second kappa shape index (κ2) is 11.9. The number of benzene rings is 3. The van der Waals surface area contributed by atoms with Crippen molar-refractivity contribution in [1.82, 2.24) is 9.71 Å². The molecule has 3 aromatic carbocycles. The number of anilines is 1. The van der Waals surface area contributed by atoms with Crippen molar-refractivity contribution in [1.29, 1.82) is 0 Å². The number of hydrogen-bond acceptors (Lipinski definition) is 6. The van der Waals surface area contributed by atoms with Crippen molar-refractivity contribution >= 4 is 41.0 Å². The molecular formula is C27H23F3N4O3S. The van der Waals surface area contributed by atoms with E-state index in [0.29, 0.717) is 11.3 Å². The van der Waals surface area contributed by atoms with Gasteiger partial charge in [0.15, 0.2) is 0 Å². The van der Waals surface area contributed by atoms with E-state index in [1.807, 2.05) is 36.4 Å². The summed E-state index contributed by atoms with van der Waals surface area (Å²) in [5.41, 5.74) is 3.25. The maximum absolute atomic E-state index is 12.3. The van der Waals surface area contributed by atoms with E-state index in [-0.39, 0.29) is 23.6 Å². The van der Waals surface area contributed by atoms with Gasteiger partial charge in [-0.05, 0) is 65.6 Å². The number of fused-ring (bicyclic) bond motifs is 1. The molecule has 0 aliphatic carbocycles. The first-order valence-electron chi connectivity index (χ1n) is 11.5. The van der Waals surface area contributed by atoms with Crippen LogP contribution >= 0.6 is 12.1 Å². The zero-order valence-corrected chi connectivity index (χ0v) is 21.1. The highest BCUT2D eigenvalue weighted by atomic mass is 32.2. The highest BCUT2D eigenvalue weighted by Gasteiger charge is 2.31. The fraction of sp³-hybridized carbons (Fsp3) is 0.148. The Labute approximate surface area is 221 Å². The maximum atomic E-state index is 12.3. The summed E-state index contributed by atoms with van der Waals surface area (Å²) >= 11 is 0.903. The highest BCUT2D eigenvalue weighted by Crippen LogP contribution is 2.28. The Bertz CT molecular complexity index is 1440. The molecule has 11 heteroatoms. The van der Waals surface area contributed by atoms with Crippen LogP contribution in [-0.2, 0) is 0 Å². The van der Waals surface area contributed by atoms with Crippen LogP contribution in [0.15, 0.2) is 83.3 Å². The zero-order chi connectivity index (χ0) is 27.1. The predicted octanol–water partition coefficient (Wildman–Crippen LogP) is 7.85. The number of carbonyl (C=O) groups is 1. The average molecular weight is 541 g/mol. The maximum Gasteiger partial charge on any atom is 0.573 e. The molecule has 2 N–H and O–H groups in total. The van der Waals surface area contributed by atoms with Crippen LogP contribution in [0, 0.1) is 0 Å². The van der Waals surface area contributed by atoms with Crippen LogP contribution in [0.25, 0.3) is 10.9 Å². The second-order valence-corrected chi connectivity index (χ2v) is 8.94. The lowest BCUT2D eigenvalue weighted by atomic mass is 10.0. The van der Waals surface area contributed by atoms with Crippen molar-refractivity contribution in [2.75, 3.05) is 5.32 Å². The van der Waals surface area contributed by atoms with Crippen LogP contribution in [0.1, 0.15) is 30.9 Å².